The summed E-state index contributed by atoms with van der Waals surface area (Å²) in [5, 5.41) is 6.67. The van der Waals surface area contributed by atoms with Gasteiger partial charge in [-0.05, 0) is 54.7 Å². The van der Waals surface area contributed by atoms with Gasteiger partial charge in [-0.1, -0.05) is 30.3 Å². The van der Waals surface area contributed by atoms with Crippen molar-refractivity contribution in [2.75, 3.05) is 12.8 Å². The van der Waals surface area contributed by atoms with E-state index in [0.29, 0.717) is 35.6 Å². The van der Waals surface area contributed by atoms with Crippen LogP contribution in [0, 0.1) is 12.7 Å². The number of sulfone groups is 1. The average molecular weight is 545 g/mol. The number of nitrogens with one attached hydrogen (secondary N) is 2. The van der Waals surface area contributed by atoms with Gasteiger partial charge in [0.1, 0.15) is 5.82 Å². The zero-order valence-corrected chi connectivity index (χ0v) is 20.6. The van der Waals surface area contributed by atoms with Gasteiger partial charge < -0.3 is 10.6 Å². The fourth-order valence-electron chi connectivity index (χ4n) is 3.53. The number of hydrogen-bond donors (Lipinski definition) is 2. The summed E-state index contributed by atoms with van der Waals surface area (Å²) < 4.78 is 37.1. The molecule has 30 heavy (non-hydrogen) atoms. The highest BCUT2D eigenvalue weighted by Gasteiger charge is 2.39. The molecule has 0 bridgehead atoms. The first kappa shape index (κ1) is 24.6. The van der Waals surface area contributed by atoms with Crippen LogP contribution in [0.2, 0.25) is 0 Å². The summed E-state index contributed by atoms with van der Waals surface area (Å²) in [6.45, 7) is 5.02. The van der Waals surface area contributed by atoms with Crippen LogP contribution in [-0.4, -0.2) is 33.2 Å². The van der Waals surface area contributed by atoms with Crippen LogP contribution in [0.4, 0.5) is 4.39 Å². The Morgan fingerprint density at radius 1 is 1.20 bits per heavy atom. The number of rotatable bonds is 7. The molecule has 3 rings (SSSR count). The Morgan fingerprint density at radius 2 is 1.93 bits per heavy atom. The summed E-state index contributed by atoms with van der Waals surface area (Å²) in [6.07, 6.45) is 2.21. The molecule has 0 radical (unpaired) electrons. The van der Waals surface area contributed by atoms with Crippen LogP contribution in [0.5, 0.6) is 0 Å². The van der Waals surface area contributed by atoms with Gasteiger partial charge in [-0.15, -0.1) is 24.0 Å². The quantitative estimate of drug-likeness (QED) is 0.315. The third-order valence-electron chi connectivity index (χ3n) is 5.04. The predicted octanol–water partition coefficient (Wildman–Crippen LogP) is 3.91. The zero-order valence-electron chi connectivity index (χ0n) is 17.5. The first-order valence-electron chi connectivity index (χ1n) is 9.82. The molecule has 1 fully saturated rings. The highest BCUT2D eigenvalue weighted by atomic mass is 127. The van der Waals surface area contributed by atoms with Gasteiger partial charge in [0.2, 0.25) is 0 Å². The lowest BCUT2D eigenvalue weighted by molar-refractivity contribution is 0.600. The largest absolute Gasteiger partial charge is 0.357 e. The maximum atomic E-state index is 13.7. The highest BCUT2D eigenvalue weighted by molar-refractivity contribution is 14.0. The van der Waals surface area contributed by atoms with Crippen molar-refractivity contribution in [1.82, 2.24) is 10.6 Å². The van der Waals surface area contributed by atoms with E-state index in [4.69, 9.17) is 0 Å². The molecule has 5 nitrogen and oxygen atoms in total. The van der Waals surface area contributed by atoms with E-state index in [1.54, 1.807) is 0 Å². The lowest BCUT2D eigenvalue weighted by atomic mass is 10.0. The van der Waals surface area contributed by atoms with Crippen LogP contribution >= 0.6 is 24.0 Å². The van der Waals surface area contributed by atoms with Crippen LogP contribution in [0.1, 0.15) is 41.5 Å². The monoisotopic (exact) mass is 545 g/mol. The van der Waals surface area contributed by atoms with Gasteiger partial charge in [-0.25, -0.2) is 17.8 Å². The minimum absolute atomic E-state index is 0. The first-order valence-corrected chi connectivity index (χ1v) is 11.9. The van der Waals surface area contributed by atoms with Gasteiger partial charge in [0.05, 0.1) is 12.3 Å². The van der Waals surface area contributed by atoms with E-state index in [2.05, 4.69) is 40.7 Å². The summed E-state index contributed by atoms with van der Waals surface area (Å²) in [4.78, 5) is 4.58. The van der Waals surface area contributed by atoms with Crippen molar-refractivity contribution in [1.29, 1.82) is 0 Å². The molecule has 1 saturated carbocycles. The van der Waals surface area contributed by atoms with E-state index in [1.165, 1.54) is 35.6 Å². The first-order chi connectivity index (χ1) is 13.8. The number of hydrogen-bond acceptors (Lipinski definition) is 3. The minimum Gasteiger partial charge on any atom is -0.357 e. The summed E-state index contributed by atoms with van der Waals surface area (Å²) in [5.41, 5.74) is 3.80. The molecular weight excluding hydrogens is 516 g/mol. The third-order valence-corrected chi connectivity index (χ3v) is 5.87. The van der Waals surface area contributed by atoms with E-state index >= 15 is 0 Å². The van der Waals surface area contributed by atoms with Crippen LogP contribution < -0.4 is 10.6 Å². The van der Waals surface area contributed by atoms with E-state index in [0.717, 1.165) is 6.42 Å². The average Bonchev–Trinajstić information content (AvgIpc) is 3.40. The van der Waals surface area contributed by atoms with Gasteiger partial charge in [0, 0.05) is 24.8 Å². The van der Waals surface area contributed by atoms with Gasteiger partial charge >= 0.3 is 0 Å². The number of aryl methyl sites for hydroxylation is 1. The fraction of sp³-hybridized carbons (Fsp3) is 0.409. The molecule has 0 aromatic heterocycles. The maximum Gasteiger partial charge on any atom is 0.191 e. The molecular formula is C22H29FIN3O2S. The molecule has 0 heterocycles. The minimum atomic E-state index is -3.21. The summed E-state index contributed by atoms with van der Waals surface area (Å²) in [6, 6.07) is 12.9. The van der Waals surface area contributed by atoms with Crippen LogP contribution in [-0.2, 0) is 22.1 Å². The third kappa shape index (κ3) is 6.94. The summed E-state index contributed by atoms with van der Waals surface area (Å²) >= 11 is 0. The van der Waals surface area contributed by atoms with Crippen molar-refractivity contribution in [3.8, 4) is 0 Å². The van der Waals surface area contributed by atoms with Crippen LogP contribution in [0.3, 0.4) is 0 Å². The van der Waals surface area contributed by atoms with Gasteiger partial charge in [0.15, 0.2) is 15.8 Å². The molecule has 164 valence electrons. The molecule has 0 aliphatic heterocycles. The molecule has 2 aromatic carbocycles. The van der Waals surface area contributed by atoms with Gasteiger partial charge in [-0.2, -0.15) is 0 Å². The SMILES string of the molecule is CCNC(=NCc1cc(F)ccc1CS(C)(=O)=O)NC1CC1c1ccccc1C.I. The number of aliphatic imine (C=N–C) groups is 1. The molecule has 2 aromatic rings. The zero-order chi connectivity index (χ0) is 21.0. The van der Waals surface area contributed by atoms with Crippen molar-refractivity contribution in [3.63, 3.8) is 0 Å². The van der Waals surface area contributed by atoms with Gasteiger partial charge in [0.25, 0.3) is 0 Å². The number of guanidine groups is 1. The Bertz CT molecular complexity index is 1010. The van der Waals surface area contributed by atoms with E-state index in [1.807, 2.05) is 13.0 Å². The van der Waals surface area contributed by atoms with E-state index in [9.17, 15) is 12.8 Å². The Hall–Kier alpha value is -1.68. The standard InChI is InChI=1S/C22H28FN3O2S.HI/c1-4-24-22(26-21-12-20(21)19-8-6-5-7-15(19)2)25-13-17-11-18(23)10-9-16(17)14-29(3,27)28;/h5-11,20-21H,4,12-14H2,1-3H3,(H2,24,25,26);1H. The van der Waals surface area contributed by atoms with Gasteiger partial charge in [-0.3, -0.25) is 0 Å². The maximum absolute atomic E-state index is 13.7. The molecule has 2 atom stereocenters. The Balaban J connectivity index is 0.00000320. The Labute approximate surface area is 195 Å². The second-order valence-corrected chi connectivity index (χ2v) is 9.77. The molecule has 0 saturated heterocycles. The predicted molar refractivity (Wildman–Crippen MR) is 131 cm³/mol. The fourth-order valence-corrected chi connectivity index (χ4v) is 4.37. The van der Waals surface area contributed by atoms with Crippen LogP contribution in [0.15, 0.2) is 47.5 Å². The van der Waals surface area contributed by atoms with E-state index in [-0.39, 0.29) is 36.3 Å². The van der Waals surface area contributed by atoms with Crippen molar-refractivity contribution in [2.24, 2.45) is 4.99 Å². The smallest absolute Gasteiger partial charge is 0.191 e. The Kier molecular flexibility index (Phi) is 8.66. The summed E-state index contributed by atoms with van der Waals surface area (Å²) in [7, 11) is -3.21. The lowest BCUT2D eigenvalue weighted by Gasteiger charge is -2.13. The molecule has 1 aliphatic carbocycles. The number of nitrogens with zero attached hydrogens (tertiary/aromatic N) is 1. The van der Waals surface area contributed by atoms with E-state index < -0.39 is 15.7 Å². The van der Waals surface area contributed by atoms with Crippen molar-refractivity contribution in [3.05, 3.63) is 70.5 Å². The molecule has 1 aliphatic rings. The topological polar surface area (TPSA) is 70.6 Å². The molecule has 0 spiro atoms. The highest BCUT2D eigenvalue weighted by Crippen LogP contribution is 2.42. The second kappa shape index (κ2) is 10.6. The van der Waals surface area contributed by atoms with Crippen LogP contribution in [0.25, 0.3) is 0 Å². The molecule has 0 amide bonds. The van der Waals surface area contributed by atoms with Crippen molar-refractivity contribution >= 4 is 39.8 Å². The second-order valence-electron chi connectivity index (χ2n) is 7.63. The molecule has 2 N–H and O–H groups in total. The van der Waals surface area contributed by atoms with Crippen molar-refractivity contribution < 1.29 is 12.8 Å². The number of halogens is 2. The Morgan fingerprint density at radius 3 is 2.60 bits per heavy atom. The molecule has 2 unspecified atom stereocenters. The normalized spacial score (nSPS) is 18.5. The lowest BCUT2D eigenvalue weighted by Crippen LogP contribution is -2.39. The number of benzene rings is 2. The molecule has 8 heteroatoms. The van der Waals surface area contributed by atoms with Crippen molar-refractivity contribution in [2.45, 2.75) is 44.5 Å². The summed E-state index contributed by atoms with van der Waals surface area (Å²) in [5.74, 6) is 0.588.